The van der Waals surface area contributed by atoms with E-state index in [4.69, 9.17) is 5.73 Å². The van der Waals surface area contributed by atoms with Crippen LogP contribution in [0.15, 0.2) is 42.6 Å². The van der Waals surface area contributed by atoms with E-state index in [-0.39, 0.29) is 0 Å². The van der Waals surface area contributed by atoms with Gasteiger partial charge in [0, 0.05) is 11.1 Å². The van der Waals surface area contributed by atoms with Crippen molar-refractivity contribution in [1.29, 1.82) is 0 Å². The molecule has 0 radical (unpaired) electrons. The fourth-order valence-corrected chi connectivity index (χ4v) is 2.20. The summed E-state index contributed by atoms with van der Waals surface area (Å²) in [5.74, 6) is 0. The highest BCUT2D eigenvalue weighted by Gasteiger charge is 2.08. The molecule has 3 nitrogen and oxygen atoms in total. The van der Waals surface area contributed by atoms with Crippen LogP contribution in [0.3, 0.4) is 0 Å². The Bertz CT molecular complexity index is 683. The zero-order chi connectivity index (χ0) is 11.8. The first-order valence-corrected chi connectivity index (χ1v) is 5.54. The van der Waals surface area contributed by atoms with E-state index in [1.165, 1.54) is 11.1 Å². The molecule has 0 spiro atoms. The Balaban J connectivity index is 2.36. The zero-order valence-electron chi connectivity index (χ0n) is 9.57. The van der Waals surface area contributed by atoms with E-state index in [1.807, 2.05) is 30.5 Å². The monoisotopic (exact) mass is 223 g/mol. The number of fused-ring (bicyclic) bond motifs is 1. The van der Waals surface area contributed by atoms with Crippen LogP contribution in [-0.2, 0) is 0 Å². The largest absolute Gasteiger partial charge is 0.399 e. The predicted octanol–water partition coefficient (Wildman–Crippen LogP) is 3.12. The van der Waals surface area contributed by atoms with Crippen molar-refractivity contribution in [3.8, 4) is 11.1 Å². The van der Waals surface area contributed by atoms with Gasteiger partial charge >= 0.3 is 0 Å². The third kappa shape index (κ3) is 1.56. The molecule has 0 saturated heterocycles. The molecule has 0 aliphatic heterocycles. The lowest BCUT2D eigenvalue weighted by molar-refractivity contribution is 1.12. The quantitative estimate of drug-likeness (QED) is 0.623. The number of nitrogens with two attached hydrogens (primary N) is 1. The van der Waals surface area contributed by atoms with Crippen molar-refractivity contribution < 1.29 is 0 Å². The molecule has 17 heavy (non-hydrogen) atoms. The van der Waals surface area contributed by atoms with Crippen molar-refractivity contribution in [3.05, 3.63) is 48.2 Å². The lowest BCUT2D eigenvalue weighted by atomic mass is 9.97. The van der Waals surface area contributed by atoms with E-state index in [1.54, 1.807) is 0 Å². The van der Waals surface area contributed by atoms with E-state index >= 15 is 0 Å². The van der Waals surface area contributed by atoms with Gasteiger partial charge in [0.2, 0.25) is 0 Å². The number of rotatable bonds is 1. The number of nitrogen functional groups attached to an aromatic ring is 1. The van der Waals surface area contributed by atoms with Crippen LogP contribution in [0.1, 0.15) is 5.56 Å². The van der Waals surface area contributed by atoms with Gasteiger partial charge in [-0.1, -0.05) is 18.2 Å². The molecule has 0 saturated carbocycles. The number of H-pyrrole nitrogens is 1. The molecule has 0 amide bonds. The first-order chi connectivity index (χ1) is 8.25. The second kappa shape index (κ2) is 3.63. The maximum atomic E-state index is 5.84. The summed E-state index contributed by atoms with van der Waals surface area (Å²) in [6.45, 7) is 2.10. The standard InChI is InChI=1S/C14H13N3/c1-9-5-6-13-12(8-16-17-13)14(9)10-3-2-4-11(15)7-10/h2-8H,15H2,1H3,(H,16,17). The van der Waals surface area contributed by atoms with Gasteiger partial charge < -0.3 is 5.73 Å². The van der Waals surface area contributed by atoms with Crippen LogP contribution in [0.5, 0.6) is 0 Å². The third-order valence-electron chi connectivity index (χ3n) is 3.01. The average Bonchev–Trinajstić information content (AvgIpc) is 2.76. The molecule has 84 valence electrons. The highest BCUT2D eigenvalue weighted by molar-refractivity contribution is 5.96. The number of hydrogen-bond donors (Lipinski definition) is 2. The van der Waals surface area contributed by atoms with E-state index in [0.29, 0.717) is 0 Å². The number of aryl methyl sites for hydroxylation is 1. The molecule has 0 aliphatic rings. The minimum Gasteiger partial charge on any atom is -0.399 e. The number of nitrogens with zero attached hydrogens (tertiary/aromatic N) is 1. The van der Waals surface area contributed by atoms with Crippen LogP contribution in [0.25, 0.3) is 22.0 Å². The van der Waals surface area contributed by atoms with Gasteiger partial charge in [-0.2, -0.15) is 5.10 Å². The lowest BCUT2D eigenvalue weighted by Gasteiger charge is -2.08. The third-order valence-corrected chi connectivity index (χ3v) is 3.01. The van der Waals surface area contributed by atoms with Gasteiger partial charge in [-0.05, 0) is 41.8 Å². The van der Waals surface area contributed by atoms with Crippen LogP contribution in [0.4, 0.5) is 5.69 Å². The summed E-state index contributed by atoms with van der Waals surface area (Å²) < 4.78 is 0. The molecule has 0 bridgehead atoms. The normalized spacial score (nSPS) is 10.9. The first kappa shape index (κ1) is 9.90. The summed E-state index contributed by atoms with van der Waals surface area (Å²) in [6, 6.07) is 12.1. The Labute approximate surface area is 99.3 Å². The fraction of sp³-hybridized carbons (Fsp3) is 0.0714. The summed E-state index contributed by atoms with van der Waals surface area (Å²) in [5, 5.41) is 8.22. The molecule has 1 heterocycles. The molecule has 2 aromatic carbocycles. The van der Waals surface area contributed by atoms with Gasteiger partial charge in [-0.15, -0.1) is 0 Å². The predicted molar refractivity (Wildman–Crippen MR) is 70.7 cm³/mol. The Morgan fingerprint density at radius 3 is 2.88 bits per heavy atom. The topological polar surface area (TPSA) is 54.7 Å². The summed E-state index contributed by atoms with van der Waals surface area (Å²) in [5.41, 5.74) is 11.2. The van der Waals surface area contributed by atoms with Crippen molar-refractivity contribution in [2.24, 2.45) is 0 Å². The Hall–Kier alpha value is -2.29. The van der Waals surface area contributed by atoms with Crippen molar-refractivity contribution in [2.75, 3.05) is 5.73 Å². The van der Waals surface area contributed by atoms with E-state index in [2.05, 4.69) is 29.3 Å². The minimum absolute atomic E-state index is 0.780. The Kier molecular flexibility index (Phi) is 2.11. The van der Waals surface area contributed by atoms with Crippen LogP contribution >= 0.6 is 0 Å². The van der Waals surface area contributed by atoms with Gasteiger partial charge in [0.05, 0.1) is 11.7 Å². The summed E-state index contributed by atoms with van der Waals surface area (Å²) in [4.78, 5) is 0. The summed E-state index contributed by atoms with van der Waals surface area (Å²) >= 11 is 0. The summed E-state index contributed by atoms with van der Waals surface area (Å²) in [6.07, 6.45) is 1.86. The molecule has 0 aliphatic carbocycles. The fourth-order valence-electron chi connectivity index (χ4n) is 2.20. The molecule has 3 aromatic rings. The number of hydrogen-bond acceptors (Lipinski definition) is 2. The average molecular weight is 223 g/mol. The van der Waals surface area contributed by atoms with Gasteiger partial charge in [0.25, 0.3) is 0 Å². The van der Waals surface area contributed by atoms with Gasteiger partial charge in [0.1, 0.15) is 0 Å². The first-order valence-electron chi connectivity index (χ1n) is 5.54. The summed E-state index contributed by atoms with van der Waals surface area (Å²) in [7, 11) is 0. The molecule has 0 atom stereocenters. The van der Waals surface area contributed by atoms with E-state index < -0.39 is 0 Å². The second-order valence-electron chi connectivity index (χ2n) is 4.21. The Morgan fingerprint density at radius 1 is 1.18 bits per heavy atom. The van der Waals surface area contributed by atoms with Crippen molar-refractivity contribution >= 4 is 16.6 Å². The van der Waals surface area contributed by atoms with Crippen LogP contribution in [0.2, 0.25) is 0 Å². The smallest absolute Gasteiger partial charge is 0.0656 e. The van der Waals surface area contributed by atoms with Gasteiger partial charge in [-0.25, -0.2) is 0 Å². The zero-order valence-corrected chi connectivity index (χ0v) is 9.57. The highest BCUT2D eigenvalue weighted by Crippen LogP contribution is 2.31. The second-order valence-corrected chi connectivity index (χ2v) is 4.21. The maximum Gasteiger partial charge on any atom is 0.0656 e. The van der Waals surface area contributed by atoms with E-state index in [9.17, 15) is 0 Å². The van der Waals surface area contributed by atoms with Gasteiger partial charge in [-0.3, -0.25) is 5.10 Å². The molecule has 3 heteroatoms. The molecular weight excluding hydrogens is 210 g/mol. The molecule has 3 N–H and O–H groups in total. The Morgan fingerprint density at radius 2 is 2.06 bits per heavy atom. The highest BCUT2D eigenvalue weighted by atomic mass is 15.1. The molecule has 0 fully saturated rings. The minimum atomic E-state index is 0.780. The maximum absolute atomic E-state index is 5.84. The SMILES string of the molecule is Cc1ccc2[nH]ncc2c1-c1cccc(N)c1. The molecule has 3 rings (SSSR count). The molecule has 0 unspecified atom stereocenters. The number of anilines is 1. The van der Waals surface area contributed by atoms with Crippen molar-refractivity contribution in [3.63, 3.8) is 0 Å². The molecule has 1 aromatic heterocycles. The number of benzene rings is 2. The van der Waals surface area contributed by atoms with E-state index in [0.717, 1.165) is 22.2 Å². The van der Waals surface area contributed by atoms with Crippen LogP contribution < -0.4 is 5.73 Å². The lowest BCUT2D eigenvalue weighted by Crippen LogP contribution is -1.88. The number of aromatic nitrogens is 2. The van der Waals surface area contributed by atoms with Crippen LogP contribution in [0, 0.1) is 6.92 Å². The van der Waals surface area contributed by atoms with Gasteiger partial charge in [0.15, 0.2) is 0 Å². The van der Waals surface area contributed by atoms with Crippen molar-refractivity contribution in [2.45, 2.75) is 6.92 Å². The van der Waals surface area contributed by atoms with Crippen LogP contribution in [-0.4, -0.2) is 10.2 Å². The number of nitrogens with one attached hydrogen (secondary N) is 1. The number of aromatic amines is 1. The molecular formula is C14H13N3. The van der Waals surface area contributed by atoms with Crippen molar-refractivity contribution in [1.82, 2.24) is 10.2 Å².